The highest BCUT2D eigenvalue weighted by molar-refractivity contribution is 9.10. The van der Waals surface area contributed by atoms with Crippen LogP contribution in [0.25, 0.3) is 0 Å². The number of likely N-dealkylation sites (N-methyl/N-ethyl adjacent to an activating group) is 1. The first kappa shape index (κ1) is 18.3. The molecule has 120 valence electrons. The van der Waals surface area contributed by atoms with Gasteiger partial charge in [0, 0.05) is 23.1 Å². The molecule has 0 saturated carbocycles. The van der Waals surface area contributed by atoms with Gasteiger partial charge in [-0.25, -0.2) is 0 Å². The molecule has 4 nitrogen and oxygen atoms in total. The summed E-state index contributed by atoms with van der Waals surface area (Å²) in [6, 6.07) is 4.61. The van der Waals surface area contributed by atoms with Crippen LogP contribution in [-0.4, -0.2) is 38.8 Å². The maximum absolute atomic E-state index is 6.05. The van der Waals surface area contributed by atoms with E-state index in [0.29, 0.717) is 18.3 Å². The van der Waals surface area contributed by atoms with Gasteiger partial charge in [0.15, 0.2) is 11.5 Å². The van der Waals surface area contributed by atoms with Crippen LogP contribution in [0, 0.1) is 0 Å². The summed E-state index contributed by atoms with van der Waals surface area (Å²) in [5, 5.41) is 0. The van der Waals surface area contributed by atoms with Crippen LogP contribution in [0.15, 0.2) is 16.6 Å². The Morgan fingerprint density at radius 3 is 2.10 bits per heavy atom. The number of hydrogen-bond donors (Lipinski definition) is 1. The molecule has 0 aromatic heterocycles. The number of benzene rings is 1. The van der Waals surface area contributed by atoms with Crippen LogP contribution < -0.4 is 15.2 Å². The van der Waals surface area contributed by atoms with Crippen LogP contribution in [0.3, 0.4) is 0 Å². The normalized spacial score (nSPS) is 12.8. The number of nitrogens with zero attached hydrogens (tertiary/aromatic N) is 1. The fourth-order valence-electron chi connectivity index (χ4n) is 2.76. The van der Waals surface area contributed by atoms with E-state index in [1.807, 2.05) is 12.1 Å². The molecule has 0 amide bonds. The summed E-state index contributed by atoms with van der Waals surface area (Å²) in [4.78, 5) is 2.35. The summed E-state index contributed by atoms with van der Waals surface area (Å²) in [7, 11) is 5.43. The topological polar surface area (TPSA) is 47.7 Å². The zero-order chi connectivity index (χ0) is 16.0. The summed E-state index contributed by atoms with van der Waals surface area (Å²) in [6.45, 7) is 4.98. The van der Waals surface area contributed by atoms with Crippen molar-refractivity contribution in [3.8, 4) is 11.5 Å². The van der Waals surface area contributed by atoms with Crippen molar-refractivity contribution in [1.82, 2.24) is 4.90 Å². The van der Waals surface area contributed by atoms with Gasteiger partial charge in [-0.15, -0.1) is 0 Å². The predicted molar refractivity (Wildman–Crippen MR) is 91.2 cm³/mol. The molecule has 1 atom stereocenters. The monoisotopic (exact) mass is 358 g/mol. The Morgan fingerprint density at radius 1 is 1.14 bits per heavy atom. The lowest BCUT2D eigenvalue weighted by Crippen LogP contribution is -2.38. The van der Waals surface area contributed by atoms with Gasteiger partial charge in [-0.1, -0.05) is 29.8 Å². The highest BCUT2D eigenvalue weighted by Crippen LogP contribution is 2.38. The van der Waals surface area contributed by atoms with E-state index < -0.39 is 0 Å². The zero-order valence-corrected chi connectivity index (χ0v) is 15.2. The number of rotatable bonds is 8. The lowest BCUT2D eigenvalue weighted by molar-refractivity contribution is 0.167. The minimum Gasteiger partial charge on any atom is -0.493 e. The van der Waals surface area contributed by atoms with Gasteiger partial charge in [0.05, 0.1) is 14.2 Å². The molecule has 0 bridgehead atoms. The Hall–Kier alpha value is -0.780. The smallest absolute Gasteiger partial charge is 0.161 e. The van der Waals surface area contributed by atoms with E-state index in [0.717, 1.165) is 28.6 Å². The predicted octanol–water partition coefficient (Wildman–Crippen LogP) is 3.59. The van der Waals surface area contributed by atoms with Crippen LogP contribution in [0.5, 0.6) is 11.5 Å². The Labute approximate surface area is 136 Å². The summed E-state index contributed by atoms with van der Waals surface area (Å²) >= 11 is 3.64. The summed E-state index contributed by atoms with van der Waals surface area (Å²) in [6.07, 6.45) is 2.21. The summed E-state index contributed by atoms with van der Waals surface area (Å²) in [5.74, 6) is 1.45. The minimum atomic E-state index is 0.143. The Kier molecular flexibility index (Phi) is 7.49. The molecule has 0 fully saturated rings. The largest absolute Gasteiger partial charge is 0.493 e. The van der Waals surface area contributed by atoms with Gasteiger partial charge in [0.1, 0.15) is 0 Å². The number of halogens is 1. The molecule has 1 rings (SSSR count). The maximum Gasteiger partial charge on any atom is 0.161 e. The second-order valence-electron chi connectivity index (χ2n) is 5.12. The standard InChI is InChI=1S/C16H27BrN2O2/c1-6-11(7-2)19(3)14(10-18)12-8-15(20-4)16(21-5)9-13(12)17/h8-9,11,14H,6-7,10,18H2,1-5H3. The second kappa shape index (κ2) is 8.61. The number of methoxy groups -OCH3 is 2. The third kappa shape index (κ3) is 4.11. The van der Waals surface area contributed by atoms with Gasteiger partial charge in [-0.3, -0.25) is 4.90 Å². The highest BCUT2D eigenvalue weighted by atomic mass is 79.9. The van der Waals surface area contributed by atoms with E-state index in [4.69, 9.17) is 15.2 Å². The van der Waals surface area contributed by atoms with Crippen LogP contribution in [0.4, 0.5) is 0 Å². The molecule has 1 aromatic carbocycles. The van der Waals surface area contributed by atoms with E-state index in [-0.39, 0.29) is 6.04 Å². The molecule has 0 radical (unpaired) electrons. The second-order valence-corrected chi connectivity index (χ2v) is 5.97. The van der Waals surface area contributed by atoms with Crippen LogP contribution in [0.1, 0.15) is 38.3 Å². The zero-order valence-electron chi connectivity index (χ0n) is 13.6. The Bertz CT molecular complexity index is 450. The molecule has 2 N–H and O–H groups in total. The van der Waals surface area contributed by atoms with Crippen molar-refractivity contribution in [1.29, 1.82) is 0 Å². The van der Waals surface area contributed by atoms with Crippen molar-refractivity contribution in [3.05, 3.63) is 22.2 Å². The Morgan fingerprint density at radius 2 is 1.67 bits per heavy atom. The first-order valence-corrected chi connectivity index (χ1v) is 8.16. The average Bonchev–Trinajstić information content (AvgIpc) is 2.50. The molecule has 1 unspecified atom stereocenters. The molecular weight excluding hydrogens is 332 g/mol. The first-order chi connectivity index (χ1) is 10.0. The number of hydrogen-bond acceptors (Lipinski definition) is 4. The number of ether oxygens (including phenoxy) is 2. The van der Waals surface area contributed by atoms with Crippen molar-refractivity contribution in [2.75, 3.05) is 27.8 Å². The van der Waals surface area contributed by atoms with Crippen molar-refractivity contribution in [3.63, 3.8) is 0 Å². The summed E-state index contributed by atoms with van der Waals surface area (Å²) in [5.41, 5.74) is 7.18. The molecule has 5 heteroatoms. The lowest BCUT2D eigenvalue weighted by atomic mass is 10.0. The molecule has 1 aromatic rings. The molecule has 0 saturated heterocycles. The molecule has 0 aliphatic heterocycles. The van der Waals surface area contributed by atoms with Gasteiger partial charge < -0.3 is 15.2 Å². The third-order valence-corrected chi connectivity index (χ3v) is 4.78. The SMILES string of the molecule is CCC(CC)N(C)C(CN)c1cc(OC)c(OC)cc1Br. The molecule has 21 heavy (non-hydrogen) atoms. The molecule has 0 spiro atoms. The van der Waals surface area contributed by atoms with Gasteiger partial charge in [-0.2, -0.15) is 0 Å². The minimum absolute atomic E-state index is 0.143. The van der Waals surface area contributed by atoms with Gasteiger partial charge in [0.25, 0.3) is 0 Å². The van der Waals surface area contributed by atoms with E-state index in [1.165, 1.54) is 0 Å². The van der Waals surface area contributed by atoms with Crippen LogP contribution >= 0.6 is 15.9 Å². The van der Waals surface area contributed by atoms with E-state index in [1.54, 1.807) is 14.2 Å². The highest BCUT2D eigenvalue weighted by Gasteiger charge is 2.24. The third-order valence-electron chi connectivity index (χ3n) is 4.10. The van der Waals surface area contributed by atoms with Crippen molar-refractivity contribution >= 4 is 15.9 Å². The quantitative estimate of drug-likeness (QED) is 0.771. The van der Waals surface area contributed by atoms with Crippen LogP contribution in [-0.2, 0) is 0 Å². The molecule has 0 heterocycles. The van der Waals surface area contributed by atoms with Gasteiger partial charge >= 0.3 is 0 Å². The molecule has 0 aliphatic rings. The van der Waals surface area contributed by atoms with Gasteiger partial charge in [0.2, 0.25) is 0 Å². The fraction of sp³-hybridized carbons (Fsp3) is 0.625. The number of nitrogens with two attached hydrogens (primary N) is 1. The fourth-order valence-corrected chi connectivity index (χ4v) is 3.34. The van der Waals surface area contributed by atoms with E-state index in [9.17, 15) is 0 Å². The molecule has 0 aliphatic carbocycles. The van der Waals surface area contributed by atoms with Crippen molar-refractivity contribution < 1.29 is 9.47 Å². The average molecular weight is 359 g/mol. The molecular formula is C16H27BrN2O2. The van der Waals surface area contributed by atoms with Gasteiger partial charge in [-0.05, 0) is 37.6 Å². The van der Waals surface area contributed by atoms with Crippen LogP contribution in [0.2, 0.25) is 0 Å². The maximum atomic E-state index is 6.05. The summed E-state index contributed by atoms with van der Waals surface area (Å²) < 4.78 is 11.7. The Balaban J connectivity index is 3.21. The van der Waals surface area contributed by atoms with Crippen molar-refractivity contribution in [2.24, 2.45) is 5.73 Å². The first-order valence-electron chi connectivity index (χ1n) is 7.37. The lowest BCUT2D eigenvalue weighted by Gasteiger charge is -2.34. The van der Waals surface area contributed by atoms with E-state index in [2.05, 4.69) is 41.7 Å². The van der Waals surface area contributed by atoms with E-state index >= 15 is 0 Å². The van der Waals surface area contributed by atoms with Crippen molar-refractivity contribution in [2.45, 2.75) is 38.8 Å².